The number of alkyl halides is 3. The van der Waals surface area contributed by atoms with Crippen LogP contribution in [-0.4, -0.2) is 48.9 Å². The van der Waals surface area contributed by atoms with Gasteiger partial charge in [-0.15, -0.1) is 0 Å². The molecule has 2 saturated carbocycles. The van der Waals surface area contributed by atoms with Crippen molar-refractivity contribution in [3.8, 4) is 0 Å². The standard InChI is InChI=1S/C27H32F3N7O2/c1-2-36-22(25(31)38)12-20(34-36)11-21-24(16-7-15(8-16)14-3-4-14)37-23(33-21)6-5-19(35-37)10-17-9-18(27(28,29)30)13-32-26(17)39/h5-6,12,14-18H,2-4,7-11,13H2,1H3,(H2,31,38)(H,32,39)/t15?,16?,17-,18-/m1/s1. The van der Waals surface area contributed by atoms with Gasteiger partial charge in [0.15, 0.2) is 5.65 Å². The number of primary amides is 1. The summed E-state index contributed by atoms with van der Waals surface area (Å²) in [6.07, 6.45) is 0.599. The third kappa shape index (κ3) is 5.00. The minimum atomic E-state index is -4.35. The number of aromatic nitrogens is 5. The van der Waals surface area contributed by atoms with Crippen molar-refractivity contribution in [3.63, 3.8) is 0 Å². The van der Waals surface area contributed by atoms with E-state index in [1.165, 1.54) is 12.8 Å². The number of nitrogens with zero attached hydrogens (tertiary/aromatic N) is 5. The molecule has 3 N–H and O–H groups in total. The van der Waals surface area contributed by atoms with Gasteiger partial charge in [-0.3, -0.25) is 14.3 Å². The normalized spacial score (nSPS) is 25.5. The van der Waals surface area contributed by atoms with Crippen molar-refractivity contribution in [2.75, 3.05) is 6.54 Å². The van der Waals surface area contributed by atoms with Crippen LogP contribution < -0.4 is 11.1 Å². The van der Waals surface area contributed by atoms with Crippen LogP contribution in [0.2, 0.25) is 0 Å². The van der Waals surface area contributed by atoms with E-state index in [9.17, 15) is 22.8 Å². The number of aryl methyl sites for hydroxylation is 1. The van der Waals surface area contributed by atoms with Crippen LogP contribution in [0, 0.1) is 23.7 Å². The molecule has 0 spiro atoms. The zero-order valence-electron chi connectivity index (χ0n) is 21.7. The second-order valence-corrected chi connectivity index (χ2v) is 11.3. The Bertz CT molecular complexity index is 1420. The molecule has 0 bridgehead atoms. The van der Waals surface area contributed by atoms with Gasteiger partial charge in [0.1, 0.15) is 5.69 Å². The van der Waals surface area contributed by atoms with Crippen molar-refractivity contribution in [1.82, 2.24) is 29.7 Å². The zero-order valence-corrected chi connectivity index (χ0v) is 21.7. The molecule has 2 atom stereocenters. The Labute approximate surface area is 223 Å². The van der Waals surface area contributed by atoms with Crippen LogP contribution in [-0.2, 0) is 24.2 Å². The molecule has 4 heterocycles. The van der Waals surface area contributed by atoms with Gasteiger partial charge in [-0.05, 0) is 69.1 Å². The number of rotatable bonds is 8. The van der Waals surface area contributed by atoms with Crippen molar-refractivity contribution < 1.29 is 22.8 Å². The first-order valence-corrected chi connectivity index (χ1v) is 13.7. The molecule has 9 nitrogen and oxygen atoms in total. The molecule has 3 fully saturated rings. The van der Waals surface area contributed by atoms with Gasteiger partial charge in [-0.2, -0.15) is 23.4 Å². The third-order valence-electron chi connectivity index (χ3n) is 8.61. The van der Waals surface area contributed by atoms with E-state index < -0.39 is 23.9 Å². The van der Waals surface area contributed by atoms with Crippen LogP contribution in [0.3, 0.4) is 0 Å². The SMILES string of the molecule is CCn1nc(Cc2nc3ccc(C[C@H]4C[C@@H](C(F)(F)F)CNC4=O)nn3c2C2CC(C3CC3)C2)cc1C(N)=O. The highest BCUT2D eigenvalue weighted by molar-refractivity contribution is 5.91. The number of hydrogen-bond donors (Lipinski definition) is 2. The van der Waals surface area contributed by atoms with E-state index in [2.05, 4.69) is 10.4 Å². The first-order valence-electron chi connectivity index (χ1n) is 13.7. The summed E-state index contributed by atoms with van der Waals surface area (Å²) < 4.78 is 43.4. The van der Waals surface area contributed by atoms with E-state index in [0.29, 0.717) is 41.6 Å². The van der Waals surface area contributed by atoms with E-state index in [0.717, 1.165) is 30.1 Å². The van der Waals surface area contributed by atoms with E-state index >= 15 is 0 Å². The van der Waals surface area contributed by atoms with Gasteiger partial charge >= 0.3 is 6.18 Å². The highest BCUT2D eigenvalue weighted by Crippen LogP contribution is 2.53. The lowest BCUT2D eigenvalue weighted by molar-refractivity contribution is -0.183. The van der Waals surface area contributed by atoms with Crippen LogP contribution in [0.5, 0.6) is 0 Å². The molecular weight excluding hydrogens is 511 g/mol. The smallest absolute Gasteiger partial charge is 0.364 e. The number of nitrogens with one attached hydrogen (secondary N) is 1. The molecule has 6 rings (SSSR count). The second kappa shape index (κ2) is 9.63. The maximum absolute atomic E-state index is 13.3. The van der Waals surface area contributed by atoms with Gasteiger partial charge < -0.3 is 11.1 Å². The lowest BCUT2D eigenvalue weighted by Gasteiger charge is -2.35. The number of carbonyl (C=O) groups excluding carboxylic acids is 2. The summed E-state index contributed by atoms with van der Waals surface area (Å²) in [5, 5.41) is 11.8. The number of piperidine rings is 1. The molecule has 208 valence electrons. The minimum absolute atomic E-state index is 0.125. The fourth-order valence-electron chi connectivity index (χ4n) is 6.27. The van der Waals surface area contributed by atoms with E-state index in [1.807, 2.05) is 17.5 Å². The molecule has 3 aromatic rings. The molecule has 1 aliphatic heterocycles. The van der Waals surface area contributed by atoms with Gasteiger partial charge in [-0.1, -0.05) is 0 Å². The molecule has 0 radical (unpaired) electrons. The summed E-state index contributed by atoms with van der Waals surface area (Å²) in [5.74, 6) is -1.49. The van der Waals surface area contributed by atoms with E-state index in [1.54, 1.807) is 16.8 Å². The molecular formula is C27H32F3N7O2. The van der Waals surface area contributed by atoms with Crippen molar-refractivity contribution in [2.45, 2.75) is 70.5 Å². The van der Waals surface area contributed by atoms with Gasteiger partial charge in [0.2, 0.25) is 5.91 Å². The highest BCUT2D eigenvalue weighted by atomic mass is 19.4. The predicted octanol–water partition coefficient (Wildman–Crippen LogP) is 3.40. The molecule has 39 heavy (non-hydrogen) atoms. The summed E-state index contributed by atoms with van der Waals surface area (Å²) in [6, 6.07) is 5.25. The average Bonchev–Trinajstić information content (AvgIpc) is 3.50. The fraction of sp³-hybridized carbons (Fsp3) is 0.593. The number of carbonyl (C=O) groups is 2. The van der Waals surface area contributed by atoms with Gasteiger partial charge in [0, 0.05) is 37.8 Å². The summed E-state index contributed by atoms with van der Waals surface area (Å²) in [7, 11) is 0. The zero-order chi connectivity index (χ0) is 27.5. The summed E-state index contributed by atoms with van der Waals surface area (Å²) in [4.78, 5) is 29.1. The molecule has 0 unspecified atom stereocenters. The quantitative estimate of drug-likeness (QED) is 0.451. The molecule has 1 saturated heterocycles. The monoisotopic (exact) mass is 543 g/mol. The van der Waals surface area contributed by atoms with Gasteiger partial charge in [0.25, 0.3) is 5.91 Å². The number of nitrogens with two attached hydrogens (primary N) is 1. The fourth-order valence-corrected chi connectivity index (χ4v) is 6.27. The van der Waals surface area contributed by atoms with Crippen molar-refractivity contribution >= 4 is 17.5 Å². The average molecular weight is 544 g/mol. The summed E-state index contributed by atoms with van der Waals surface area (Å²) in [5.41, 5.74) is 9.57. The number of imidazole rings is 1. The number of halogens is 3. The van der Waals surface area contributed by atoms with Gasteiger partial charge in [-0.25, -0.2) is 9.50 Å². The van der Waals surface area contributed by atoms with Gasteiger partial charge in [0.05, 0.1) is 28.7 Å². The van der Waals surface area contributed by atoms with Crippen LogP contribution in [0.15, 0.2) is 18.2 Å². The van der Waals surface area contributed by atoms with E-state index in [4.69, 9.17) is 15.8 Å². The summed E-state index contributed by atoms with van der Waals surface area (Å²) >= 11 is 0. The Hall–Kier alpha value is -3.44. The molecule has 3 aromatic heterocycles. The topological polar surface area (TPSA) is 120 Å². The first kappa shape index (κ1) is 25.8. The Kier molecular flexibility index (Phi) is 6.38. The molecule has 2 amide bonds. The minimum Gasteiger partial charge on any atom is -0.364 e. The molecule has 2 aliphatic carbocycles. The van der Waals surface area contributed by atoms with Crippen LogP contribution in [0.1, 0.15) is 78.2 Å². The predicted molar refractivity (Wildman–Crippen MR) is 135 cm³/mol. The Morgan fingerprint density at radius 2 is 1.90 bits per heavy atom. The molecule has 12 heteroatoms. The Morgan fingerprint density at radius 1 is 1.13 bits per heavy atom. The van der Waals surface area contributed by atoms with Crippen molar-refractivity contribution in [3.05, 3.63) is 46.7 Å². The first-order chi connectivity index (χ1) is 18.6. The molecule has 3 aliphatic rings. The van der Waals surface area contributed by atoms with E-state index in [-0.39, 0.29) is 31.2 Å². The highest BCUT2D eigenvalue weighted by Gasteiger charge is 2.45. The number of hydrogen-bond acceptors (Lipinski definition) is 5. The lowest BCUT2D eigenvalue weighted by Crippen LogP contribution is -2.47. The van der Waals surface area contributed by atoms with Crippen LogP contribution in [0.4, 0.5) is 13.2 Å². The van der Waals surface area contributed by atoms with Crippen molar-refractivity contribution in [1.29, 1.82) is 0 Å². The lowest BCUT2D eigenvalue weighted by atomic mass is 9.70. The Morgan fingerprint density at radius 3 is 2.54 bits per heavy atom. The van der Waals surface area contributed by atoms with Crippen molar-refractivity contribution in [2.24, 2.45) is 29.4 Å². The Balaban J connectivity index is 1.31. The number of fused-ring (bicyclic) bond motifs is 1. The summed E-state index contributed by atoms with van der Waals surface area (Å²) in [6.45, 7) is 2.02. The maximum Gasteiger partial charge on any atom is 0.393 e. The third-order valence-corrected chi connectivity index (χ3v) is 8.61. The number of amides is 2. The second-order valence-electron chi connectivity index (χ2n) is 11.3. The largest absolute Gasteiger partial charge is 0.393 e. The van der Waals surface area contributed by atoms with Crippen LogP contribution in [0.25, 0.3) is 5.65 Å². The molecule has 0 aromatic carbocycles. The van der Waals surface area contributed by atoms with Crippen LogP contribution >= 0.6 is 0 Å². The maximum atomic E-state index is 13.3.